The molecule has 0 bridgehead atoms. The molecule has 0 saturated carbocycles. The first-order valence-electron chi connectivity index (χ1n) is 7.90. The summed E-state index contributed by atoms with van der Waals surface area (Å²) in [6.45, 7) is 10.3. The van der Waals surface area contributed by atoms with Crippen molar-refractivity contribution in [2.75, 3.05) is 19.4 Å². The van der Waals surface area contributed by atoms with Crippen molar-refractivity contribution in [1.82, 2.24) is 4.90 Å². The van der Waals surface area contributed by atoms with Gasteiger partial charge in [-0.15, -0.1) is 0 Å². The van der Waals surface area contributed by atoms with Gasteiger partial charge in [-0.2, -0.15) is 11.8 Å². The van der Waals surface area contributed by atoms with Gasteiger partial charge in [0.05, 0.1) is 12.5 Å². The van der Waals surface area contributed by atoms with Gasteiger partial charge in [-0.3, -0.25) is 4.79 Å². The maximum atomic E-state index is 12.4. The number of carbonyl (C=O) groups is 2. The second-order valence-corrected chi connectivity index (χ2v) is 7.64. The van der Waals surface area contributed by atoms with E-state index in [0.29, 0.717) is 13.2 Å². The number of ether oxygens (including phenoxy) is 2. The van der Waals surface area contributed by atoms with Gasteiger partial charge in [0, 0.05) is 17.8 Å². The fraction of sp³-hybridized carbons (Fsp3) is 0.875. The summed E-state index contributed by atoms with van der Waals surface area (Å²) in [7, 11) is 0. The molecule has 0 aromatic rings. The van der Waals surface area contributed by atoms with Crippen LogP contribution in [-0.2, 0) is 14.3 Å². The molecule has 1 rings (SSSR count). The van der Waals surface area contributed by atoms with Gasteiger partial charge in [-0.25, -0.2) is 4.79 Å². The highest BCUT2D eigenvalue weighted by atomic mass is 32.2. The number of amides is 1. The molecule has 1 aliphatic heterocycles. The van der Waals surface area contributed by atoms with Gasteiger partial charge in [-0.1, -0.05) is 6.92 Å². The molecular weight excluding hydrogens is 302 g/mol. The molecule has 6 heteroatoms. The van der Waals surface area contributed by atoms with Crippen molar-refractivity contribution < 1.29 is 19.1 Å². The van der Waals surface area contributed by atoms with Crippen LogP contribution in [0.4, 0.5) is 4.79 Å². The largest absolute Gasteiger partial charge is 0.466 e. The minimum atomic E-state index is -0.508. The molecule has 1 fully saturated rings. The minimum Gasteiger partial charge on any atom is -0.466 e. The molecule has 1 amide bonds. The zero-order chi connectivity index (χ0) is 16.9. The van der Waals surface area contributed by atoms with E-state index < -0.39 is 5.60 Å². The van der Waals surface area contributed by atoms with E-state index in [1.54, 1.807) is 23.6 Å². The Balaban J connectivity index is 2.82. The van der Waals surface area contributed by atoms with E-state index in [-0.39, 0.29) is 29.3 Å². The molecular formula is C16H29NO4S. The lowest BCUT2D eigenvalue weighted by molar-refractivity contribution is -0.147. The summed E-state index contributed by atoms with van der Waals surface area (Å²) in [5.41, 5.74) is -0.508. The number of hydrogen-bond acceptors (Lipinski definition) is 5. The highest BCUT2D eigenvalue weighted by Crippen LogP contribution is 2.32. The third-order valence-electron chi connectivity index (χ3n) is 3.73. The Bertz CT molecular complexity index is 394. The van der Waals surface area contributed by atoms with Crippen LogP contribution >= 0.6 is 11.8 Å². The van der Waals surface area contributed by atoms with Crippen LogP contribution < -0.4 is 0 Å². The maximum Gasteiger partial charge on any atom is 0.410 e. The van der Waals surface area contributed by atoms with Gasteiger partial charge >= 0.3 is 12.1 Å². The Morgan fingerprint density at radius 3 is 2.50 bits per heavy atom. The van der Waals surface area contributed by atoms with Gasteiger partial charge in [0.2, 0.25) is 0 Å². The highest BCUT2D eigenvalue weighted by molar-refractivity contribution is 7.99. The van der Waals surface area contributed by atoms with Crippen molar-refractivity contribution in [3.05, 3.63) is 0 Å². The predicted octanol–water partition coefficient (Wildman–Crippen LogP) is 3.32. The third-order valence-corrected chi connectivity index (χ3v) is 5.00. The number of esters is 1. The summed E-state index contributed by atoms with van der Waals surface area (Å²) in [5, 5.41) is 0.0223. The SMILES string of the molecule is CCOC(=O)C(C)C(SC)C1CCCN1C(=O)OC(C)(C)C. The van der Waals surface area contributed by atoms with Crippen molar-refractivity contribution in [3.63, 3.8) is 0 Å². The van der Waals surface area contributed by atoms with Gasteiger partial charge in [0.1, 0.15) is 5.60 Å². The topological polar surface area (TPSA) is 55.8 Å². The third kappa shape index (κ3) is 5.07. The molecule has 0 aromatic carbocycles. The van der Waals surface area contributed by atoms with Crippen LogP contribution in [0.15, 0.2) is 0 Å². The molecule has 0 N–H and O–H groups in total. The Kier molecular flexibility index (Phi) is 7.03. The monoisotopic (exact) mass is 331 g/mol. The Labute approximate surface area is 138 Å². The van der Waals surface area contributed by atoms with Gasteiger partial charge in [0.25, 0.3) is 0 Å². The zero-order valence-electron chi connectivity index (χ0n) is 14.5. The standard InChI is InChI=1S/C16H29NO4S/c1-7-20-14(18)11(2)13(22-6)12-9-8-10-17(12)15(19)21-16(3,4)5/h11-13H,7-10H2,1-6H3. The molecule has 1 heterocycles. The molecule has 22 heavy (non-hydrogen) atoms. The zero-order valence-corrected chi connectivity index (χ0v) is 15.4. The Morgan fingerprint density at radius 1 is 1.36 bits per heavy atom. The van der Waals surface area contributed by atoms with Crippen LogP contribution in [0.5, 0.6) is 0 Å². The summed E-state index contributed by atoms with van der Waals surface area (Å²) in [4.78, 5) is 26.2. The number of rotatable bonds is 5. The first-order chi connectivity index (χ1) is 10.2. The molecule has 1 saturated heterocycles. The van der Waals surface area contributed by atoms with Gasteiger partial charge in [0.15, 0.2) is 0 Å². The number of hydrogen-bond donors (Lipinski definition) is 0. The van der Waals surface area contributed by atoms with E-state index in [9.17, 15) is 9.59 Å². The van der Waals surface area contributed by atoms with Gasteiger partial charge in [-0.05, 0) is 46.8 Å². The van der Waals surface area contributed by atoms with E-state index >= 15 is 0 Å². The molecule has 5 nitrogen and oxygen atoms in total. The average Bonchev–Trinajstić information content (AvgIpc) is 2.87. The normalized spacial score (nSPS) is 21.4. The first-order valence-corrected chi connectivity index (χ1v) is 9.19. The number of nitrogens with zero attached hydrogens (tertiary/aromatic N) is 1. The molecule has 1 aliphatic rings. The summed E-state index contributed by atoms with van der Waals surface area (Å²) < 4.78 is 10.6. The van der Waals surface area contributed by atoms with Crippen LogP contribution in [0.25, 0.3) is 0 Å². The summed E-state index contributed by atoms with van der Waals surface area (Å²) in [5.74, 6) is -0.444. The fourth-order valence-corrected chi connectivity index (χ4v) is 3.90. The summed E-state index contributed by atoms with van der Waals surface area (Å²) in [6, 6.07) is 0.0178. The Hall–Kier alpha value is -0.910. The van der Waals surface area contributed by atoms with E-state index in [0.717, 1.165) is 12.8 Å². The minimum absolute atomic E-state index is 0.0178. The van der Waals surface area contributed by atoms with Crippen LogP contribution in [0, 0.1) is 5.92 Å². The first kappa shape index (κ1) is 19.1. The maximum absolute atomic E-state index is 12.4. The van der Waals surface area contributed by atoms with Crippen LogP contribution in [-0.4, -0.2) is 53.3 Å². The van der Waals surface area contributed by atoms with Crippen molar-refractivity contribution in [3.8, 4) is 0 Å². The van der Waals surface area contributed by atoms with E-state index in [1.165, 1.54) is 0 Å². The summed E-state index contributed by atoms with van der Waals surface area (Å²) >= 11 is 1.62. The molecule has 0 aromatic heterocycles. The van der Waals surface area contributed by atoms with Crippen LogP contribution in [0.1, 0.15) is 47.5 Å². The molecule has 0 aliphatic carbocycles. The molecule has 0 spiro atoms. The smallest absolute Gasteiger partial charge is 0.410 e. The predicted molar refractivity (Wildman–Crippen MR) is 89.1 cm³/mol. The van der Waals surface area contributed by atoms with Crippen molar-refractivity contribution >= 4 is 23.8 Å². The van der Waals surface area contributed by atoms with E-state index in [2.05, 4.69) is 0 Å². The molecule has 0 radical (unpaired) electrons. The second kappa shape index (κ2) is 8.09. The fourth-order valence-electron chi connectivity index (χ4n) is 2.78. The van der Waals surface area contributed by atoms with Crippen molar-refractivity contribution in [2.24, 2.45) is 5.92 Å². The number of carbonyl (C=O) groups excluding carboxylic acids is 2. The number of likely N-dealkylation sites (tertiary alicyclic amines) is 1. The van der Waals surface area contributed by atoms with Crippen molar-refractivity contribution in [1.29, 1.82) is 0 Å². The molecule has 3 unspecified atom stereocenters. The quantitative estimate of drug-likeness (QED) is 0.723. The highest BCUT2D eigenvalue weighted by Gasteiger charge is 2.41. The lowest BCUT2D eigenvalue weighted by Crippen LogP contribution is -2.47. The molecule has 128 valence electrons. The second-order valence-electron chi connectivity index (χ2n) is 6.62. The summed E-state index contributed by atoms with van der Waals surface area (Å²) in [6.07, 6.45) is 3.53. The van der Waals surface area contributed by atoms with Crippen LogP contribution in [0.2, 0.25) is 0 Å². The van der Waals surface area contributed by atoms with Crippen LogP contribution in [0.3, 0.4) is 0 Å². The van der Waals surface area contributed by atoms with Gasteiger partial charge < -0.3 is 14.4 Å². The van der Waals surface area contributed by atoms with Crippen molar-refractivity contribution in [2.45, 2.75) is 64.4 Å². The molecule has 3 atom stereocenters. The Morgan fingerprint density at radius 2 is 2.00 bits per heavy atom. The lowest BCUT2D eigenvalue weighted by atomic mass is 9.99. The lowest BCUT2D eigenvalue weighted by Gasteiger charge is -2.34. The van der Waals surface area contributed by atoms with E-state index in [4.69, 9.17) is 9.47 Å². The average molecular weight is 331 g/mol. The number of thioether (sulfide) groups is 1. The van der Waals surface area contributed by atoms with E-state index in [1.807, 2.05) is 34.0 Å².